The van der Waals surface area contributed by atoms with E-state index in [-0.39, 0.29) is 0 Å². The molecule has 1 fully saturated rings. The number of aromatic nitrogens is 4. The van der Waals surface area contributed by atoms with Gasteiger partial charge in [0.2, 0.25) is 0 Å². The maximum absolute atomic E-state index is 4.63. The number of aryl methyl sites for hydroxylation is 2. The molecule has 0 amide bonds. The Hall–Kier alpha value is -2.73. The van der Waals surface area contributed by atoms with Gasteiger partial charge < -0.3 is 4.90 Å². The van der Waals surface area contributed by atoms with Crippen molar-refractivity contribution >= 4 is 5.82 Å². The van der Waals surface area contributed by atoms with Gasteiger partial charge in [0.15, 0.2) is 5.82 Å². The van der Waals surface area contributed by atoms with E-state index in [9.17, 15) is 0 Å². The number of anilines is 1. The van der Waals surface area contributed by atoms with Gasteiger partial charge in [-0.3, -0.25) is 9.58 Å². The highest BCUT2D eigenvalue weighted by molar-refractivity contribution is 5.64. The topological polar surface area (TPSA) is 50.1 Å². The van der Waals surface area contributed by atoms with E-state index in [1.165, 1.54) is 22.3 Å². The predicted octanol–water partition coefficient (Wildman–Crippen LogP) is 3.90. The third-order valence-electron chi connectivity index (χ3n) is 6.63. The molecule has 0 bridgehead atoms. The molecule has 0 atom stereocenters. The number of piperidine rings is 1. The molecule has 1 aliphatic rings. The van der Waals surface area contributed by atoms with Gasteiger partial charge in [0.25, 0.3) is 0 Å². The van der Waals surface area contributed by atoms with E-state index in [0.717, 1.165) is 49.7 Å². The summed E-state index contributed by atoms with van der Waals surface area (Å²) >= 11 is 0. The Morgan fingerprint density at radius 2 is 1.73 bits per heavy atom. The molecule has 0 saturated carbocycles. The monoisotopic (exact) mass is 404 g/mol. The van der Waals surface area contributed by atoms with Crippen molar-refractivity contribution in [2.75, 3.05) is 25.0 Å². The highest BCUT2D eigenvalue weighted by Crippen LogP contribution is 2.29. The Balaban J connectivity index is 1.43. The largest absolute Gasteiger partial charge is 0.355 e. The molecule has 1 aromatic carbocycles. The summed E-state index contributed by atoms with van der Waals surface area (Å²) in [5.41, 5.74) is 7.12. The van der Waals surface area contributed by atoms with Crippen molar-refractivity contribution in [1.82, 2.24) is 24.9 Å². The number of hydrogen-bond donors (Lipinski definition) is 0. The third kappa shape index (κ3) is 3.97. The summed E-state index contributed by atoms with van der Waals surface area (Å²) in [4.78, 5) is 4.91. The molecule has 2 aromatic heterocycles. The van der Waals surface area contributed by atoms with Gasteiger partial charge in [0.05, 0.1) is 5.69 Å². The first-order valence-electron chi connectivity index (χ1n) is 10.8. The SMILES string of the molecule is Cc1ccccc1CN(C)C1CCN(c2nnc(-c3ccnn3C)c(C)c2C)CC1. The average Bonchev–Trinajstić information content (AvgIpc) is 3.17. The molecule has 3 heterocycles. The molecule has 0 radical (unpaired) electrons. The second-order valence-corrected chi connectivity index (χ2v) is 8.52. The summed E-state index contributed by atoms with van der Waals surface area (Å²) in [6.07, 6.45) is 4.09. The summed E-state index contributed by atoms with van der Waals surface area (Å²) in [6, 6.07) is 11.3. The lowest BCUT2D eigenvalue weighted by Gasteiger charge is -2.38. The van der Waals surface area contributed by atoms with E-state index >= 15 is 0 Å². The van der Waals surface area contributed by atoms with Gasteiger partial charge >= 0.3 is 0 Å². The Morgan fingerprint density at radius 1 is 1.00 bits per heavy atom. The highest BCUT2D eigenvalue weighted by Gasteiger charge is 2.25. The van der Waals surface area contributed by atoms with Gasteiger partial charge in [-0.05, 0) is 69.0 Å². The Kier molecular flexibility index (Phi) is 5.86. The Morgan fingerprint density at radius 3 is 2.40 bits per heavy atom. The van der Waals surface area contributed by atoms with Crippen molar-refractivity contribution in [1.29, 1.82) is 0 Å². The summed E-state index contributed by atoms with van der Waals surface area (Å²) in [7, 11) is 4.20. The van der Waals surface area contributed by atoms with E-state index in [1.807, 2.05) is 17.8 Å². The van der Waals surface area contributed by atoms with Crippen LogP contribution >= 0.6 is 0 Å². The van der Waals surface area contributed by atoms with Crippen molar-refractivity contribution in [2.45, 2.75) is 46.2 Å². The van der Waals surface area contributed by atoms with Crippen LogP contribution in [0.3, 0.4) is 0 Å². The molecular formula is C24H32N6. The third-order valence-corrected chi connectivity index (χ3v) is 6.63. The first-order chi connectivity index (χ1) is 14.5. The lowest BCUT2D eigenvalue weighted by atomic mass is 10.0. The molecule has 30 heavy (non-hydrogen) atoms. The van der Waals surface area contributed by atoms with E-state index in [2.05, 4.69) is 77.2 Å². The predicted molar refractivity (Wildman–Crippen MR) is 122 cm³/mol. The normalized spacial score (nSPS) is 15.2. The number of hydrogen-bond acceptors (Lipinski definition) is 5. The minimum Gasteiger partial charge on any atom is -0.355 e. The zero-order valence-electron chi connectivity index (χ0n) is 18.8. The lowest BCUT2D eigenvalue weighted by molar-refractivity contribution is 0.199. The molecule has 4 rings (SSSR count). The quantitative estimate of drug-likeness (QED) is 0.645. The fourth-order valence-corrected chi connectivity index (χ4v) is 4.45. The van der Waals surface area contributed by atoms with Crippen LogP contribution in [0.1, 0.15) is 35.1 Å². The smallest absolute Gasteiger partial charge is 0.154 e. The molecule has 1 saturated heterocycles. The minimum atomic E-state index is 0.601. The van der Waals surface area contributed by atoms with Gasteiger partial charge in [0, 0.05) is 38.9 Å². The van der Waals surface area contributed by atoms with Crippen LogP contribution in [-0.4, -0.2) is 51.1 Å². The first-order valence-corrected chi connectivity index (χ1v) is 10.8. The fourth-order valence-electron chi connectivity index (χ4n) is 4.45. The van der Waals surface area contributed by atoms with Crippen LogP contribution < -0.4 is 4.90 Å². The van der Waals surface area contributed by atoms with Gasteiger partial charge in [-0.1, -0.05) is 24.3 Å². The van der Waals surface area contributed by atoms with Crippen molar-refractivity contribution in [2.24, 2.45) is 7.05 Å². The minimum absolute atomic E-state index is 0.601. The van der Waals surface area contributed by atoms with Crippen LogP contribution in [0.2, 0.25) is 0 Å². The number of benzene rings is 1. The average molecular weight is 405 g/mol. The van der Waals surface area contributed by atoms with Crippen molar-refractivity contribution in [3.8, 4) is 11.4 Å². The van der Waals surface area contributed by atoms with Crippen LogP contribution in [0.25, 0.3) is 11.4 Å². The molecule has 158 valence electrons. The number of nitrogens with zero attached hydrogens (tertiary/aromatic N) is 6. The molecule has 0 N–H and O–H groups in total. The second kappa shape index (κ2) is 8.56. The molecule has 0 aliphatic carbocycles. The van der Waals surface area contributed by atoms with Crippen molar-refractivity contribution in [3.63, 3.8) is 0 Å². The van der Waals surface area contributed by atoms with Gasteiger partial charge in [0.1, 0.15) is 5.69 Å². The maximum Gasteiger partial charge on any atom is 0.154 e. The molecule has 6 heteroatoms. The van der Waals surface area contributed by atoms with E-state index in [0.29, 0.717) is 6.04 Å². The van der Waals surface area contributed by atoms with E-state index in [1.54, 1.807) is 6.20 Å². The second-order valence-electron chi connectivity index (χ2n) is 8.52. The molecule has 0 unspecified atom stereocenters. The molecule has 0 spiro atoms. The number of rotatable bonds is 5. The van der Waals surface area contributed by atoms with Crippen molar-refractivity contribution in [3.05, 3.63) is 58.8 Å². The van der Waals surface area contributed by atoms with E-state index < -0.39 is 0 Å². The standard InChI is InChI=1S/C24H32N6/c1-17-8-6-7-9-20(17)16-28(4)21-11-14-30(15-12-21)24-19(3)18(2)23(26-27-24)22-10-13-25-29(22)5/h6-10,13,21H,11-12,14-16H2,1-5H3. The Bertz CT molecular complexity index is 1020. The van der Waals surface area contributed by atoms with Crippen LogP contribution in [0.15, 0.2) is 36.5 Å². The van der Waals surface area contributed by atoms with E-state index in [4.69, 9.17) is 0 Å². The summed E-state index contributed by atoms with van der Waals surface area (Å²) in [6.45, 7) is 9.54. The highest BCUT2D eigenvalue weighted by atomic mass is 15.3. The summed E-state index contributed by atoms with van der Waals surface area (Å²) < 4.78 is 1.85. The van der Waals surface area contributed by atoms with Gasteiger partial charge in [-0.2, -0.15) is 5.10 Å². The first kappa shape index (κ1) is 20.5. The summed E-state index contributed by atoms with van der Waals surface area (Å²) in [5.74, 6) is 1.03. The summed E-state index contributed by atoms with van der Waals surface area (Å²) in [5, 5.41) is 13.5. The molecule has 6 nitrogen and oxygen atoms in total. The zero-order chi connectivity index (χ0) is 21.3. The maximum atomic E-state index is 4.63. The van der Waals surface area contributed by atoms with Gasteiger partial charge in [-0.25, -0.2) is 0 Å². The Labute approximate surface area is 179 Å². The zero-order valence-corrected chi connectivity index (χ0v) is 18.8. The van der Waals surface area contributed by atoms with Crippen LogP contribution in [0, 0.1) is 20.8 Å². The molecular weight excluding hydrogens is 372 g/mol. The van der Waals surface area contributed by atoms with Crippen LogP contribution in [0.4, 0.5) is 5.82 Å². The van der Waals surface area contributed by atoms with Crippen molar-refractivity contribution < 1.29 is 0 Å². The molecule has 3 aromatic rings. The lowest BCUT2D eigenvalue weighted by Crippen LogP contribution is -2.43. The molecule has 1 aliphatic heterocycles. The van der Waals surface area contributed by atoms with Crippen LogP contribution in [-0.2, 0) is 13.6 Å². The van der Waals surface area contributed by atoms with Crippen LogP contribution in [0.5, 0.6) is 0 Å². The van der Waals surface area contributed by atoms with Gasteiger partial charge in [-0.15, -0.1) is 10.2 Å². The fraction of sp³-hybridized carbons (Fsp3) is 0.458.